The Labute approximate surface area is 124 Å². The third-order valence-electron chi connectivity index (χ3n) is 4.18. The summed E-state index contributed by atoms with van der Waals surface area (Å²) >= 11 is 0. The van der Waals surface area contributed by atoms with Crippen LogP contribution in [-0.2, 0) is 9.47 Å². The van der Waals surface area contributed by atoms with Crippen molar-refractivity contribution in [2.75, 3.05) is 33.4 Å². The lowest BCUT2D eigenvalue weighted by Gasteiger charge is -2.33. The Hall–Kier alpha value is -1.59. The second-order valence-corrected chi connectivity index (χ2v) is 5.47. The first kappa shape index (κ1) is 14.4. The molecule has 0 atom stereocenters. The van der Waals surface area contributed by atoms with Crippen LogP contribution in [0.2, 0.25) is 0 Å². The molecule has 21 heavy (non-hydrogen) atoms. The van der Waals surface area contributed by atoms with E-state index in [9.17, 15) is 4.79 Å². The lowest BCUT2D eigenvalue weighted by molar-refractivity contribution is -0.0956. The predicted molar refractivity (Wildman–Crippen MR) is 77.3 cm³/mol. The van der Waals surface area contributed by atoms with Crippen molar-refractivity contribution >= 4 is 5.91 Å². The van der Waals surface area contributed by atoms with Crippen molar-refractivity contribution in [3.63, 3.8) is 0 Å². The number of ether oxygens (including phenoxy) is 3. The van der Waals surface area contributed by atoms with Crippen LogP contribution in [0.25, 0.3) is 0 Å². The molecule has 2 aliphatic rings. The van der Waals surface area contributed by atoms with Gasteiger partial charge in [-0.05, 0) is 31.0 Å². The minimum Gasteiger partial charge on any atom is -0.497 e. The number of nitrogens with zero attached hydrogens (tertiary/aromatic N) is 1. The largest absolute Gasteiger partial charge is 0.497 e. The number of likely N-dealkylation sites (tertiary alicyclic amines) is 1. The minimum atomic E-state index is -0.0703. The smallest absolute Gasteiger partial charge is 0.253 e. The Morgan fingerprint density at radius 3 is 2.62 bits per heavy atom. The van der Waals surface area contributed by atoms with Gasteiger partial charge >= 0.3 is 0 Å². The van der Waals surface area contributed by atoms with E-state index < -0.39 is 0 Å². The van der Waals surface area contributed by atoms with Gasteiger partial charge in [-0.2, -0.15) is 0 Å². The second kappa shape index (κ2) is 6.45. The van der Waals surface area contributed by atoms with Crippen molar-refractivity contribution < 1.29 is 19.0 Å². The SMILES string of the molecule is COc1cccc(C(=O)N2CCC(C3OCCO3)CC2)c1. The molecule has 5 nitrogen and oxygen atoms in total. The molecular formula is C16H21NO4. The number of hydrogen-bond acceptors (Lipinski definition) is 4. The van der Waals surface area contributed by atoms with Gasteiger partial charge in [-0.3, -0.25) is 4.79 Å². The highest BCUT2D eigenvalue weighted by Gasteiger charge is 2.32. The number of amides is 1. The summed E-state index contributed by atoms with van der Waals surface area (Å²) in [4.78, 5) is 14.4. The fraction of sp³-hybridized carbons (Fsp3) is 0.562. The second-order valence-electron chi connectivity index (χ2n) is 5.47. The fourth-order valence-electron chi connectivity index (χ4n) is 2.96. The highest BCUT2D eigenvalue weighted by atomic mass is 16.7. The van der Waals surface area contributed by atoms with Crippen molar-refractivity contribution in [2.45, 2.75) is 19.1 Å². The highest BCUT2D eigenvalue weighted by Crippen LogP contribution is 2.26. The van der Waals surface area contributed by atoms with Crippen LogP contribution < -0.4 is 4.74 Å². The van der Waals surface area contributed by atoms with Gasteiger partial charge in [0.2, 0.25) is 0 Å². The molecule has 114 valence electrons. The molecule has 5 heteroatoms. The Balaban J connectivity index is 1.59. The van der Waals surface area contributed by atoms with Crippen LogP contribution in [0.5, 0.6) is 5.75 Å². The van der Waals surface area contributed by atoms with Crippen LogP contribution in [0, 0.1) is 5.92 Å². The molecule has 0 radical (unpaired) electrons. The van der Waals surface area contributed by atoms with Gasteiger partial charge in [0.15, 0.2) is 6.29 Å². The summed E-state index contributed by atoms with van der Waals surface area (Å²) in [6, 6.07) is 7.31. The normalized spacial score (nSPS) is 20.7. The van der Waals surface area contributed by atoms with Crippen molar-refractivity contribution in [1.82, 2.24) is 4.90 Å². The molecule has 0 aromatic heterocycles. The van der Waals surface area contributed by atoms with E-state index >= 15 is 0 Å². The molecule has 2 heterocycles. The number of piperidine rings is 1. The molecule has 0 unspecified atom stereocenters. The Bertz CT molecular complexity index is 491. The molecule has 1 aromatic carbocycles. The first-order valence-corrected chi connectivity index (χ1v) is 7.44. The third kappa shape index (κ3) is 3.19. The molecule has 2 aliphatic heterocycles. The maximum absolute atomic E-state index is 12.5. The van der Waals surface area contributed by atoms with Gasteiger partial charge in [-0.15, -0.1) is 0 Å². The van der Waals surface area contributed by atoms with Crippen LogP contribution >= 0.6 is 0 Å². The lowest BCUT2D eigenvalue weighted by atomic mass is 9.95. The zero-order valence-corrected chi connectivity index (χ0v) is 12.3. The maximum Gasteiger partial charge on any atom is 0.253 e. The molecule has 1 amide bonds. The van der Waals surface area contributed by atoms with Gasteiger partial charge < -0.3 is 19.1 Å². The summed E-state index contributed by atoms with van der Waals surface area (Å²) in [5.41, 5.74) is 0.682. The van der Waals surface area contributed by atoms with Crippen LogP contribution in [0.1, 0.15) is 23.2 Å². The Kier molecular flexibility index (Phi) is 4.41. The van der Waals surface area contributed by atoms with E-state index in [1.807, 2.05) is 23.1 Å². The topological polar surface area (TPSA) is 48.0 Å². The first-order chi connectivity index (χ1) is 10.3. The highest BCUT2D eigenvalue weighted by molar-refractivity contribution is 5.94. The van der Waals surface area contributed by atoms with Crippen molar-refractivity contribution in [1.29, 1.82) is 0 Å². The monoisotopic (exact) mass is 291 g/mol. The molecular weight excluding hydrogens is 270 g/mol. The zero-order chi connectivity index (χ0) is 14.7. The van der Waals surface area contributed by atoms with Gasteiger partial charge in [0.05, 0.1) is 20.3 Å². The quantitative estimate of drug-likeness (QED) is 0.853. The standard InChI is InChI=1S/C16H21NO4/c1-19-14-4-2-3-13(11-14)15(18)17-7-5-12(6-8-17)16-20-9-10-21-16/h2-4,11-12,16H,5-10H2,1H3. The number of carbonyl (C=O) groups is 1. The number of benzene rings is 1. The van der Waals surface area contributed by atoms with Crippen molar-refractivity contribution in [2.24, 2.45) is 5.92 Å². The minimum absolute atomic E-state index is 0.0700. The molecule has 0 saturated carbocycles. The van der Waals surface area contributed by atoms with E-state index in [-0.39, 0.29) is 12.2 Å². The zero-order valence-electron chi connectivity index (χ0n) is 12.3. The lowest BCUT2D eigenvalue weighted by Crippen LogP contribution is -2.41. The Morgan fingerprint density at radius 2 is 1.95 bits per heavy atom. The van der Waals surface area contributed by atoms with Gasteiger partial charge in [0.1, 0.15) is 5.75 Å². The Morgan fingerprint density at radius 1 is 1.24 bits per heavy atom. The third-order valence-corrected chi connectivity index (χ3v) is 4.18. The van der Waals surface area contributed by atoms with E-state index in [1.165, 1.54) is 0 Å². The summed E-state index contributed by atoms with van der Waals surface area (Å²) < 4.78 is 16.3. The van der Waals surface area contributed by atoms with E-state index in [4.69, 9.17) is 14.2 Å². The molecule has 0 bridgehead atoms. The summed E-state index contributed by atoms with van der Waals surface area (Å²) in [7, 11) is 1.61. The number of carbonyl (C=O) groups excluding carboxylic acids is 1. The average molecular weight is 291 g/mol. The molecule has 0 aliphatic carbocycles. The van der Waals surface area contributed by atoms with E-state index in [2.05, 4.69) is 0 Å². The molecule has 2 fully saturated rings. The summed E-state index contributed by atoms with van der Waals surface area (Å²) in [6.45, 7) is 2.88. The first-order valence-electron chi connectivity index (χ1n) is 7.44. The molecule has 0 N–H and O–H groups in total. The number of rotatable bonds is 3. The van der Waals surface area contributed by atoms with Gasteiger partial charge in [0, 0.05) is 24.6 Å². The predicted octanol–water partition coefficient (Wildman–Crippen LogP) is 1.92. The van der Waals surface area contributed by atoms with Crippen molar-refractivity contribution in [3.05, 3.63) is 29.8 Å². The van der Waals surface area contributed by atoms with E-state index in [0.29, 0.717) is 30.4 Å². The average Bonchev–Trinajstić information content (AvgIpc) is 3.09. The van der Waals surface area contributed by atoms with Crippen LogP contribution in [0.4, 0.5) is 0 Å². The number of hydrogen-bond donors (Lipinski definition) is 0. The molecule has 3 rings (SSSR count). The molecule has 0 spiro atoms. The van der Waals surface area contributed by atoms with Crippen molar-refractivity contribution in [3.8, 4) is 5.75 Å². The number of methoxy groups -OCH3 is 1. The molecule has 2 saturated heterocycles. The van der Waals surface area contributed by atoms with Crippen LogP contribution in [0.3, 0.4) is 0 Å². The summed E-state index contributed by atoms with van der Waals surface area (Å²) in [6.07, 6.45) is 1.79. The maximum atomic E-state index is 12.5. The van der Waals surface area contributed by atoms with Crippen LogP contribution in [0.15, 0.2) is 24.3 Å². The summed E-state index contributed by atoms with van der Waals surface area (Å²) in [5.74, 6) is 1.19. The van der Waals surface area contributed by atoms with E-state index in [1.54, 1.807) is 13.2 Å². The fourth-order valence-corrected chi connectivity index (χ4v) is 2.96. The van der Waals surface area contributed by atoms with Gasteiger partial charge in [0.25, 0.3) is 5.91 Å². The summed E-state index contributed by atoms with van der Waals surface area (Å²) in [5, 5.41) is 0. The molecule has 1 aromatic rings. The van der Waals surface area contributed by atoms with Gasteiger partial charge in [-0.1, -0.05) is 6.07 Å². The van der Waals surface area contributed by atoms with Crippen LogP contribution in [-0.4, -0.2) is 50.5 Å². The van der Waals surface area contributed by atoms with Gasteiger partial charge in [-0.25, -0.2) is 0 Å². The van der Waals surface area contributed by atoms with E-state index in [0.717, 1.165) is 25.9 Å².